The van der Waals surface area contributed by atoms with Gasteiger partial charge in [-0.05, 0) is 38.5 Å². The molecule has 5 rings (SSSR count). The van der Waals surface area contributed by atoms with Crippen LogP contribution in [-0.4, -0.2) is 44.5 Å². The number of carbonyl (C=O) groups excluding carboxylic acids is 2. The summed E-state index contributed by atoms with van der Waals surface area (Å²) >= 11 is 2.66. The molecular formula is C29H27N5O3S2. The van der Waals surface area contributed by atoms with E-state index in [0.717, 1.165) is 38.2 Å². The summed E-state index contributed by atoms with van der Waals surface area (Å²) in [7, 11) is 1.33. The van der Waals surface area contributed by atoms with Gasteiger partial charge < -0.3 is 14.6 Å². The second kappa shape index (κ2) is 11.4. The molecule has 0 aliphatic heterocycles. The molecule has 10 heteroatoms. The summed E-state index contributed by atoms with van der Waals surface area (Å²) < 4.78 is 6.92. The Balaban J connectivity index is 1.43. The van der Waals surface area contributed by atoms with Crippen molar-refractivity contribution in [2.24, 2.45) is 0 Å². The van der Waals surface area contributed by atoms with Gasteiger partial charge in [0.05, 0.1) is 29.6 Å². The zero-order valence-corrected chi connectivity index (χ0v) is 23.7. The summed E-state index contributed by atoms with van der Waals surface area (Å²) in [6.45, 7) is 6.41. The van der Waals surface area contributed by atoms with E-state index in [1.54, 1.807) is 0 Å². The second-order valence-electron chi connectivity index (χ2n) is 8.80. The van der Waals surface area contributed by atoms with Crippen molar-refractivity contribution in [3.63, 3.8) is 0 Å². The quantitative estimate of drug-likeness (QED) is 0.175. The van der Waals surface area contributed by atoms with Crippen molar-refractivity contribution in [2.75, 3.05) is 18.2 Å². The van der Waals surface area contributed by atoms with Crippen molar-refractivity contribution >= 4 is 50.9 Å². The van der Waals surface area contributed by atoms with Crippen LogP contribution in [0, 0.1) is 13.8 Å². The molecule has 0 atom stereocenters. The zero-order valence-electron chi connectivity index (χ0n) is 22.0. The Morgan fingerprint density at radius 1 is 1.05 bits per heavy atom. The largest absolute Gasteiger partial charge is 0.465 e. The average Bonchev–Trinajstić information content (AvgIpc) is 3.50. The number of anilines is 1. The lowest BCUT2D eigenvalue weighted by molar-refractivity contribution is -0.113. The van der Waals surface area contributed by atoms with Gasteiger partial charge in [0.2, 0.25) is 5.91 Å². The summed E-state index contributed by atoms with van der Waals surface area (Å²) in [4.78, 5) is 31.0. The molecule has 0 saturated heterocycles. The van der Waals surface area contributed by atoms with Gasteiger partial charge in [0, 0.05) is 27.9 Å². The Hall–Kier alpha value is -4.02. The highest BCUT2D eigenvalue weighted by atomic mass is 32.2. The Morgan fingerprint density at radius 3 is 2.54 bits per heavy atom. The molecule has 0 aliphatic carbocycles. The molecule has 0 aliphatic rings. The predicted molar refractivity (Wildman–Crippen MR) is 156 cm³/mol. The second-order valence-corrected chi connectivity index (χ2v) is 11.0. The number of aryl methyl sites for hydroxylation is 1. The first-order chi connectivity index (χ1) is 18.9. The van der Waals surface area contributed by atoms with E-state index < -0.39 is 5.97 Å². The summed E-state index contributed by atoms with van der Waals surface area (Å²) in [6, 6.07) is 20.1. The van der Waals surface area contributed by atoms with Gasteiger partial charge in [-0.15, -0.1) is 21.5 Å². The number of aromatic nitrogens is 4. The zero-order chi connectivity index (χ0) is 27.5. The molecule has 8 nitrogen and oxygen atoms in total. The molecule has 1 amide bonds. The average molecular weight is 558 g/mol. The first-order valence-corrected chi connectivity index (χ1v) is 14.2. The number of nitrogens with zero attached hydrogens (tertiary/aromatic N) is 4. The third kappa shape index (κ3) is 5.30. The summed E-state index contributed by atoms with van der Waals surface area (Å²) in [5, 5.41) is 14.0. The number of benzene rings is 2. The lowest BCUT2D eigenvalue weighted by Crippen LogP contribution is -2.16. The molecule has 3 heterocycles. The molecule has 0 fully saturated rings. The minimum atomic E-state index is -0.463. The van der Waals surface area contributed by atoms with Gasteiger partial charge in [0.25, 0.3) is 0 Å². The number of ether oxygens (including phenoxy) is 1. The molecule has 3 aromatic heterocycles. The maximum atomic E-state index is 12.9. The Kier molecular flexibility index (Phi) is 7.76. The van der Waals surface area contributed by atoms with Crippen molar-refractivity contribution in [2.45, 2.75) is 32.5 Å². The summed E-state index contributed by atoms with van der Waals surface area (Å²) in [5.74, 6) is 0.129. The van der Waals surface area contributed by atoms with Crippen LogP contribution in [0.2, 0.25) is 0 Å². The molecule has 0 bridgehead atoms. The fraction of sp³-hybridized carbons (Fsp3) is 0.207. The number of para-hydroxylation sites is 1. The first-order valence-electron chi connectivity index (χ1n) is 12.4. The molecule has 2 aromatic carbocycles. The number of thiophene rings is 1. The number of amides is 1. The maximum absolute atomic E-state index is 12.9. The molecule has 0 unspecified atom stereocenters. The first kappa shape index (κ1) is 26.6. The van der Waals surface area contributed by atoms with Gasteiger partial charge in [-0.25, -0.2) is 9.78 Å². The van der Waals surface area contributed by atoms with Gasteiger partial charge in [-0.1, -0.05) is 60.3 Å². The number of fused-ring (bicyclic) bond motifs is 1. The molecular weight excluding hydrogens is 530 g/mol. The van der Waals surface area contributed by atoms with Crippen LogP contribution in [0.15, 0.2) is 65.8 Å². The van der Waals surface area contributed by atoms with E-state index in [-0.39, 0.29) is 11.7 Å². The third-order valence-corrected chi connectivity index (χ3v) is 8.51. The summed E-state index contributed by atoms with van der Waals surface area (Å²) in [5.41, 5.74) is 4.88. The normalized spacial score (nSPS) is 11.1. The number of nitrogens with one attached hydrogen (secondary N) is 1. The fourth-order valence-electron chi connectivity index (χ4n) is 4.35. The highest BCUT2D eigenvalue weighted by Gasteiger charge is 2.23. The monoisotopic (exact) mass is 557 g/mol. The Bertz CT molecular complexity index is 1680. The Labute approximate surface area is 234 Å². The van der Waals surface area contributed by atoms with E-state index in [1.807, 2.05) is 86.0 Å². The number of methoxy groups -OCH3 is 1. The number of hydrogen-bond donors (Lipinski definition) is 1. The smallest absolute Gasteiger partial charge is 0.341 e. The number of rotatable bonds is 8. The molecule has 1 N–H and O–H groups in total. The van der Waals surface area contributed by atoms with Crippen molar-refractivity contribution in [1.82, 2.24) is 19.7 Å². The van der Waals surface area contributed by atoms with Crippen LogP contribution in [0.1, 0.15) is 27.7 Å². The van der Waals surface area contributed by atoms with Crippen molar-refractivity contribution in [3.05, 3.63) is 76.7 Å². The summed E-state index contributed by atoms with van der Waals surface area (Å²) in [6.07, 6.45) is 0. The van der Waals surface area contributed by atoms with Gasteiger partial charge in [0.1, 0.15) is 5.00 Å². The lowest BCUT2D eigenvalue weighted by Gasteiger charge is -2.12. The van der Waals surface area contributed by atoms with Crippen LogP contribution < -0.4 is 5.32 Å². The standard InChI is InChI=1S/C29H27N5O3S2/c1-5-34-26(21-15-23(19-11-7-6-8-12-19)30-22-14-10-9-13-20(21)22)32-33-29(34)38-16-24(35)31-27-25(28(36)37-4)17(2)18(3)39-27/h6-15H,5,16H2,1-4H3,(H,31,35). The van der Waals surface area contributed by atoms with Crippen LogP contribution in [0.5, 0.6) is 0 Å². The highest BCUT2D eigenvalue weighted by Crippen LogP contribution is 2.35. The van der Waals surface area contributed by atoms with Crippen LogP contribution >= 0.6 is 23.1 Å². The maximum Gasteiger partial charge on any atom is 0.341 e. The number of thioether (sulfide) groups is 1. The van der Waals surface area contributed by atoms with Crippen molar-refractivity contribution in [3.8, 4) is 22.6 Å². The molecule has 0 spiro atoms. The van der Waals surface area contributed by atoms with E-state index in [4.69, 9.17) is 9.72 Å². The van der Waals surface area contributed by atoms with Gasteiger partial charge in [-0.3, -0.25) is 4.79 Å². The SMILES string of the molecule is CCn1c(SCC(=O)Nc2sc(C)c(C)c2C(=O)OC)nnc1-c1cc(-c2ccccc2)nc2ccccc12. The number of esters is 1. The van der Waals surface area contributed by atoms with E-state index in [2.05, 4.69) is 15.5 Å². The number of hydrogen-bond acceptors (Lipinski definition) is 8. The van der Waals surface area contributed by atoms with Crippen LogP contribution in [0.4, 0.5) is 5.00 Å². The van der Waals surface area contributed by atoms with E-state index in [9.17, 15) is 9.59 Å². The Morgan fingerprint density at radius 2 is 1.79 bits per heavy atom. The molecule has 0 radical (unpaired) electrons. The number of carbonyl (C=O) groups is 2. The molecule has 5 aromatic rings. The van der Waals surface area contributed by atoms with Crippen molar-refractivity contribution < 1.29 is 14.3 Å². The number of pyridine rings is 1. The van der Waals surface area contributed by atoms with Crippen LogP contribution in [0.25, 0.3) is 33.5 Å². The predicted octanol–water partition coefficient (Wildman–Crippen LogP) is 6.38. The topological polar surface area (TPSA) is 99.0 Å². The third-order valence-electron chi connectivity index (χ3n) is 6.42. The van der Waals surface area contributed by atoms with E-state index in [1.165, 1.54) is 30.2 Å². The van der Waals surface area contributed by atoms with E-state index >= 15 is 0 Å². The van der Waals surface area contributed by atoms with Crippen molar-refractivity contribution in [1.29, 1.82) is 0 Å². The molecule has 39 heavy (non-hydrogen) atoms. The minimum Gasteiger partial charge on any atom is -0.465 e. The fourth-order valence-corrected chi connectivity index (χ4v) is 6.22. The minimum absolute atomic E-state index is 0.112. The van der Waals surface area contributed by atoms with E-state index in [0.29, 0.717) is 28.1 Å². The molecule has 198 valence electrons. The molecule has 0 saturated carbocycles. The highest BCUT2D eigenvalue weighted by molar-refractivity contribution is 7.99. The van der Waals surface area contributed by atoms with Crippen LogP contribution in [-0.2, 0) is 16.1 Å². The van der Waals surface area contributed by atoms with Gasteiger partial charge in [0.15, 0.2) is 11.0 Å². The van der Waals surface area contributed by atoms with Gasteiger partial charge in [-0.2, -0.15) is 0 Å². The lowest BCUT2D eigenvalue weighted by atomic mass is 10.0. The van der Waals surface area contributed by atoms with Gasteiger partial charge >= 0.3 is 5.97 Å². The van der Waals surface area contributed by atoms with Crippen LogP contribution in [0.3, 0.4) is 0 Å².